The molecule has 2 rings (SSSR count). The Bertz CT molecular complexity index is 480. The molecule has 1 aliphatic heterocycles. The molecule has 0 aliphatic carbocycles. The van der Waals surface area contributed by atoms with Crippen LogP contribution < -0.4 is 0 Å². The van der Waals surface area contributed by atoms with Gasteiger partial charge in [-0.1, -0.05) is 24.8 Å². The predicted molar refractivity (Wildman–Crippen MR) is 74.0 cm³/mol. The van der Waals surface area contributed by atoms with E-state index in [1.807, 2.05) is 0 Å². The Morgan fingerprint density at radius 1 is 1.26 bits per heavy atom. The lowest BCUT2D eigenvalue weighted by atomic mass is 9.90. The molecule has 1 aliphatic rings. The Balaban J connectivity index is 2.34. The van der Waals surface area contributed by atoms with Crippen LogP contribution in [0, 0.1) is 5.82 Å². The van der Waals surface area contributed by atoms with E-state index in [2.05, 4.69) is 13.2 Å². The quantitative estimate of drug-likeness (QED) is 0.599. The number of rotatable bonds is 3. The molecule has 0 aromatic heterocycles. The van der Waals surface area contributed by atoms with Gasteiger partial charge in [0, 0.05) is 0 Å². The molecule has 1 amide bonds. The van der Waals surface area contributed by atoms with Crippen molar-refractivity contribution in [3.8, 4) is 0 Å². The number of hydrogen-bond acceptors (Lipinski definition) is 1. The molecule has 1 aromatic rings. The van der Waals surface area contributed by atoms with Crippen LogP contribution in [0.25, 0.3) is 0 Å². The van der Waals surface area contributed by atoms with Crippen LogP contribution in [0.2, 0.25) is 0 Å². The number of halogens is 1. The fourth-order valence-corrected chi connectivity index (χ4v) is 2.70. The first-order valence-electron chi connectivity index (χ1n) is 6.50. The molecule has 19 heavy (non-hydrogen) atoms. The Morgan fingerprint density at radius 3 is 2.53 bits per heavy atom. The molecule has 1 aromatic carbocycles. The standard InChI is InChI=1S/C16H18FNO/c1-3-14-6-5-7-15(18(14)16(19)4-2)12-8-10-13(17)11-9-12/h3-4,8-11,14-15H,1-2,5-7H2/t14-,15-/m1/s1. The highest BCUT2D eigenvalue weighted by molar-refractivity contribution is 5.88. The van der Waals surface area contributed by atoms with Crippen molar-refractivity contribution in [3.05, 3.63) is 61.0 Å². The second kappa shape index (κ2) is 5.83. The van der Waals surface area contributed by atoms with Gasteiger partial charge in [-0.2, -0.15) is 0 Å². The summed E-state index contributed by atoms with van der Waals surface area (Å²) >= 11 is 0. The van der Waals surface area contributed by atoms with Crippen LogP contribution in [-0.4, -0.2) is 16.8 Å². The van der Waals surface area contributed by atoms with E-state index in [0.717, 1.165) is 24.8 Å². The molecular weight excluding hydrogens is 241 g/mol. The summed E-state index contributed by atoms with van der Waals surface area (Å²) in [6.07, 6.45) is 5.96. The van der Waals surface area contributed by atoms with Crippen LogP contribution in [0.15, 0.2) is 49.6 Å². The predicted octanol–water partition coefficient (Wildman–Crippen LogP) is 3.62. The van der Waals surface area contributed by atoms with Gasteiger partial charge in [0.25, 0.3) is 0 Å². The van der Waals surface area contributed by atoms with E-state index in [1.54, 1.807) is 23.1 Å². The molecule has 2 atom stereocenters. The van der Waals surface area contributed by atoms with E-state index >= 15 is 0 Å². The molecular formula is C16H18FNO. The van der Waals surface area contributed by atoms with Crippen molar-refractivity contribution in [1.29, 1.82) is 0 Å². The first kappa shape index (κ1) is 13.5. The number of likely N-dealkylation sites (tertiary alicyclic amines) is 1. The molecule has 1 heterocycles. The monoisotopic (exact) mass is 259 g/mol. The Hall–Kier alpha value is -1.90. The molecule has 1 saturated heterocycles. The van der Waals surface area contributed by atoms with E-state index in [0.29, 0.717) is 0 Å². The molecule has 1 fully saturated rings. The van der Waals surface area contributed by atoms with Crippen molar-refractivity contribution in [3.63, 3.8) is 0 Å². The summed E-state index contributed by atoms with van der Waals surface area (Å²) in [6, 6.07) is 6.36. The number of hydrogen-bond donors (Lipinski definition) is 0. The zero-order chi connectivity index (χ0) is 13.8. The number of carbonyl (C=O) groups is 1. The average molecular weight is 259 g/mol. The summed E-state index contributed by atoms with van der Waals surface area (Å²) in [5.74, 6) is -0.361. The van der Waals surface area contributed by atoms with Gasteiger partial charge >= 0.3 is 0 Å². The number of carbonyl (C=O) groups excluding carboxylic acids is 1. The van der Waals surface area contributed by atoms with Crippen LogP contribution >= 0.6 is 0 Å². The maximum atomic E-state index is 13.0. The molecule has 0 N–H and O–H groups in total. The van der Waals surface area contributed by atoms with E-state index < -0.39 is 0 Å². The second-order valence-corrected chi connectivity index (χ2v) is 4.75. The lowest BCUT2D eigenvalue weighted by molar-refractivity contribution is -0.131. The first-order valence-corrected chi connectivity index (χ1v) is 6.50. The number of benzene rings is 1. The maximum absolute atomic E-state index is 13.0. The van der Waals surface area contributed by atoms with E-state index in [1.165, 1.54) is 18.2 Å². The van der Waals surface area contributed by atoms with Gasteiger partial charge in [-0.15, -0.1) is 6.58 Å². The summed E-state index contributed by atoms with van der Waals surface area (Å²) in [5, 5.41) is 0. The van der Waals surface area contributed by atoms with Crippen molar-refractivity contribution in [2.24, 2.45) is 0 Å². The van der Waals surface area contributed by atoms with Gasteiger partial charge < -0.3 is 4.90 Å². The molecule has 3 heteroatoms. The van der Waals surface area contributed by atoms with Gasteiger partial charge in [-0.05, 0) is 43.0 Å². The normalized spacial score (nSPS) is 22.9. The molecule has 0 spiro atoms. The van der Waals surface area contributed by atoms with Crippen LogP contribution in [0.1, 0.15) is 30.9 Å². The minimum absolute atomic E-state index is 0.0225. The smallest absolute Gasteiger partial charge is 0.246 e. The van der Waals surface area contributed by atoms with Gasteiger partial charge in [0.05, 0.1) is 12.1 Å². The lowest BCUT2D eigenvalue weighted by Crippen LogP contribution is -2.43. The third-order valence-electron chi connectivity index (χ3n) is 3.63. The SMILES string of the molecule is C=CC(=O)N1[C@H](C=C)CCC[C@@H]1c1ccc(F)cc1. The summed E-state index contributed by atoms with van der Waals surface area (Å²) < 4.78 is 13.0. The highest BCUT2D eigenvalue weighted by Gasteiger charge is 2.32. The molecule has 2 nitrogen and oxygen atoms in total. The van der Waals surface area contributed by atoms with E-state index in [4.69, 9.17) is 0 Å². The minimum Gasteiger partial charge on any atom is -0.326 e. The van der Waals surface area contributed by atoms with Crippen LogP contribution in [0.4, 0.5) is 4.39 Å². The van der Waals surface area contributed by atoms with Crippen molar-refractivity contribution < 1.29 is 9.18 Å². The summed E-state index contributed by atoms with van der Waals surface area (Å²) in [7, 11) is 0. The zero-order valence-corrected chi connectivity index (χ0v) is 10.9. The molecule has 0 bridgehead atoms. The van der Waals surface area contributed by atoms with Crippen molar-refractivity contribution in [2.75, 3.05) is 0 Å². The summed E-state index contributed by atoms with van der Waals surface area (Å²) in [4.78, 5) is 13.9. The van der Waals surface area contributed by atoms with Crippen molar-refractivity contribution in [1.82, 2.24) is 4.90 Å². The van der Waals surface area contributed by atoms with Crippen LogP contribution in [-0.2, 0) is 4.79 Å². The highest BCUT2D eigenvalue weighted by atomic mass is 19.1. The summed E-state index contributed by atoms with van der Waals surface area (Å²) in [5.41, 5.74) is 0.961. The first-order chi connectivity index (χ1) is 9.17. The van der Waals surface area contributed by atoms with Gasteiger partial charge in [-0.3, -0.25) is 4.79 Å². The lowest BCUT2D eigenvalue weighted by Gasteiger charge is -2.40. The maximum Gasteiger partial charge on any atom is 0.246 e. The van der Waals surface area contributed by atoms with Gasteiger partial charge in [0.15, 0.2) is 0 Å². The summed E-state index contributed by atoms with van der Waals surface area (Å²) in [6.45, 7) is 7.37. The van der Waals surface area contributed by atoms with Gasteiger partial charge in [-0.25, -0.2) is 4.39 Å². The van der Waals surface area contributed by atoms with Crippen LogP contribution in [0.5, 0.6) is 0 Å². The fraction of sp³-hybridized carbons (Fsp3) is 0.312. The number of amides is 1. The van der Waals surface area contributed by atoms with Crippen LogP contribution in [0.3, 0.4) is 0 Å². The number of nitrogens with zero attached hydrogens (tertiary/aromatic N) is 1. The Morgan fingerprint density at radius 2 is 1.95 bits per heavy atom. The van der Waals surface area contributed by atoms with Gasteiger partial charge in [0.1, 0.15) is 5.82 Å². The number of piperidine rings is 1. The van der Waals surface area contributed by atoms with E-state index in [-0.39, 0.29) is 23.8 Å². The topological polar surface area (TPSA) is 20.3 Å². The Kier molecular flexibility index (Phi) is 4.15. The van der Waals surface area contributed by atoms with Crippen molar-refractivity contribution in [2.45, 2.75) is 31.3 Å². The third kappa shape index (κ3) is 2.75. The fourth-order valence-electron chi connectivity index (χ4n) is 2.70. The van der Waals surface area contributed by atoms with Crippen molar-refractivity contribution >= 4 is 5.91 Å². The largest absolute Gasteiger partial charge is 0.326 e. The molecule has 0 radical (unpaired) electrons. The Labute approximate surface area is 113 Å². The molecule has 0 saturated carbocycles. The zero-order valence-electron chi connectivity index (χ0n) is 10.9. The third-order valence-corrected chi connectivity index (χ3v) is 3.63. The molecule has 100 valence electrons. The van der Waals surface area contributed by atoms with E-state index in [9.17, 15) is 9.18 Å². The second-order valence-electron chi connectivity index (χ2n) is 4.75. The highest BCUT2D eigenvalue weighted by Crippen LogP contribution is 2.35. The molecule has 0 unspecified atom stereocenters. The average Bonchev–Trinajstić information content (AvgIpc) is 2.46. The van der Waals surface area contributed by atoms with Gasteiger partial charge in [0.2, 0.25) is 5.91 Å². The minimum atomic E-state index is -0.263.